The van der Waals surface area contributed by atoms with Gasteiger partial charge in [-0.3, -0.25) is 0 Å². The van der Waals surface area contributed by atoms with Crippen molar-refractivity contribution in [2.24, 2.45) is 5.73 Å². The molecule has 0 radical (unpaired) electrons. The highest BCUT2D eigenvalue weighted by atomic mass is 79.9. The van der Waals surface area contributed by atoms with E-state index in [0.29, 0.717) is 13.2 Å². The Morgan fingerprint density at radius 1 is 1.47 bits per heavy atom. The Kier molecular flexibility index (Phi) is 5.36. The molecule has 0 spiro atoms. The van der Waals surface area contributed by atoms with Crippen molar-refractivity contribution in [1.82, 2.24) is 0 Å². The fourth-order valence-electron chi connectivity index (χ4n) is 1.20. The molecular formula is C11H13Br2NO. The molecule has 0 atom stereocenters. The number of hydrogen-bond donors (Lipinski definition) is 1. The van der Waals surface area contributed by atoms with Crippen molar-refractivity contribution in [3.8, 4) is 5.75 Å². The van der Waals surface area contributed by atoms with E-state index in [1.54, 1.807) is 0 Å². The van der Waals surface area contributed by atoms with E-state index in [1.165, 1.54) is 0 Å². The van der Waals surface area contributed by atoms with Crippen LogP contribution in [0.25, 0.3) is 0 Å². The molecule has 0 amide bonds. The Labute approximate surface area is 107 Å². The number of halogens is 2. The fourth-order valence-corrected chi connectivity index (χ4v) is 1.72. The third kappa shape index (κ3) is 4.36. The summed E-state index contributed by atoms with van der Waals surface area (Å²) in [5, 5.41) is 0. The molecule has 1 aromatic carbocycles. The molecule has 15 heavy (non-hydrogen) atoms. The molecule has 1 aromatic rings. The van der Waals surface area contributed by atoms with Gasteiger partial charge in [-0.2, -0.15) is 0 Å². The fraction of sp³-hybridized carbons (Fsp3) is 0.273. The van der Waals surface area contributed by atoms with E-state index in [2.05, 4.69) is 38.4 Å². The molecule has 2 N–H and O–H groups in total. The molecule has 82 valence electrons. The zero-order valence-electron chi connectivity index (χ0n) is 8.30. The predicted molar refractivity (Wildman–Crippen MR) is 70.5 cm³/mol. The molecule has 0 aliphatic rings. The van der Waals surface area contributed by atoms with Gasteiger partial charge in [0.05, 0.1) is 0 Å². The van der Waals surface area contributed by atoms with Gasteiger partial charge in [-0.15, -0.1) is 0 Å². The number of benzene rings is 1. The van der Waals surface area contributed by atoms with Crippen LogP contribution in [0.4, 0.5) is 0 Å². The molecule has 0 fully saturated rings. The lowest BCUT2D eigenvalue weighted by atomic mass is 10.1. The van der Waals surface area contributed by atoms with Crippen molar-refractivity contribution >= 4 is 31.9 Å². The third-order valence-corrected chi connectivity index (χ3v) is 2.54. The van der Waals surface area contributed by atoms with E-state index in [4.69, 9.17) is 10.5 Å². The maximum atomic E-state index is 5.58. The Bertz CT molecular complexity index is 352. The molecule has 0 aliphatic carbocycles. The van der Waals surface area contributed by atoms with Crippen LogP contribution in [-0.4, -0.2) is 13.2 Å². The van der Waals surface area contributed by atoms with Crippen LogP contribution < -0.4 is 10.5 Å². The maximum absolute atomic E-state index is 5.58. The first-order chi connectivity index (χ1) is 7.13. The molecule has 0 saturated carbocycles. The van der Waals surface area contributed by atoms with Gasteiger partial charge in [0, 0.05) is 8.96 Å². The topological polar surface area (TPSA) is 35.2 Å². The Hall–Kier alpha value is -0.320. The van der Waals surface area contributed by atoms with Crippen molar-refractivity contribution in [3.63, 3.8) is 0 Å². The highest BCUT2D eigenvalue weighted by Gasteiger charge is 2.04. The van der Waals surface area contributed by atoms with Crippen LogP contribution in [-0.2, 0) is 6.42 Å². The summed E-state index contributed by atoms with van der Waals surface area (Å²) >= 11 is 6.68. The van der Waals surface area contributed by atoms with Gasteiger partial charge < -0.3 is 10.5 Å². The monoisotopic (exact) mass is 333 g/mol. The summed E-state index contributed by atoms with van der Waals surface area (Å²) in [7, 11) is 0. The number of ether oxygens (including phenoxy) is 1. The minimum atomic E-state index is 0.471. The highest BCUT2D eigenvalue weighted by Crippen LogP contribution is 2.24. The van der Waals surface area contributed by atoms with Crippen LogP contribution in [0.3, 0.4) is 0 Å². The van der Waals surface area contributed by atoms with Gasteiger partial charge in [0.1, 0.15) is 12.4 Å². The van der Waals surface area contributed by atoms with E-state index < -0.39 is 0 Å². The molecular weight excluding hydrogens is 322 g/mol. The van der Waals surface area contributed by atoms with Gasteiger partial charge in [-0.25, -0.2) is 0 Å². The Morgan fingerprint density at radius 3 is 2.80 bits per heavy atom. The highest BCUT2D eigenvalue weighted by molar-refractivity contribution is 9.11. The smallest absolute Gasteiger partial charge is 0.123 e. The zero-order chi connectivity index (χ0) is 11.3. The standard InChI is InChI=1S/C11H13Br2NO/c1-8(12)7-15-11-3-2-10(13)6-9(11)4-5-14/h2-3,6H,1,4-5,7,14H2. The molecule has 1 rings (SSSR count). The quantitative estimate of drug-likeness (QED) is 0.897. The second-order valence-corrected chi connectivity index (χ2v) is 5.13. The molecule has 0 saturated heterocycles. The number of rotatable bonds is 5. The van der Waals surface area contributed by atoms with Crippen molar-refractivity contribution in [1.29, 1.82) is 0 Å². The summed E-state index contributed by atoms with van der Waals surface area (Å²) in [5.74, 6) is 0.865. The first kappa shape index (κ1) is 12.7. The lowest BCUT2D eigenvalue weighted by Gasteiger charge is -2.10. The normalized spacial score (nSPS) is 10.1. The predicted octanol–water partition coefficient (Wildman–Crippen LogP) is 3.24. The Morgan fingerprint density at radius 2 is 2.20 bits per heavy atom. The molecule has 0 bridgehead atoms. The van der Waals surface area contributed by atoms with Gasteiger partial charge in [0.15, 0.2) is 0 Å². The zero-order valence-corrected chi connectivity index (χ0v) is 11.5. The largest absolute Gasteiger partial charge is 0.488 e. The van der Waals surface area contributed by atoms with Crippen molar-refractivity contribution < 1.29 is 4.74 Å². The van der Waals surface area contributed by atoms with Crippen molar-refractivity contribution in [2.45, 2.75) is 6.42 Å². The Balaban J connectivity index is 2.80. The minimum Gasteiger partial charge on any atom is -0.488 e. The van der Waals surface area contributed by atoms with Crippen LogP contribution in [0, 0.1) is 0 Å². The molecule has 0 aromatic heterocycles. The summed E-state index contributed by atoms with van der Waals surface area (Å²) in [6.07, 6.45) is 0.809. The second kappa shape index (κ2) is 6.30. The van der Waals surface area contributed by atoms with E-state index in [9.17, 15) is 0 Å². The summed E-state index contributed by atoms with van der Waals surface area (Å²) in [4.78, 5) is 0. The number of hydrogen-bond acceptors (Lipinski definition) is 2. The first-order valence-electron chi connectivity index (χ1n) is 4.58. The lowest BCUT2D eigenvalue weighted by molar-refractivity contribution is 0.357. The molecule has 0 aliphatic heterocycles. The van der Waals surface area contributed by atoms with Gasteiger partial charge in [0.25, 0.3) is 0 Å². The molecule has 4 heteroatoms. The van der Waals surface area contributed by atoms with E-state index in [1.807, 2.05) is 18.2 Å². The van der Waals surface area contributed by atoms with Crippen LogP contribution in [0.1, 0.15) is 5.56 Å². The van der Waals surface area contributed by atoms with Gasteiger partial charge in [-0.1, -0.05) is 38.4 Å². The summed E-state index contributed by atoms with van der Waals surface area (Å²) in [6, 6.07) is 5.91. The van der Waals surface area contributed by atoms with Crippen LogP contribution >= 0.6 is 31.9 Å². The average Bonchev–Trinajstić information content (AvgIpc) is 2.17. The number of nitrogens with two attached hydrogens (primary N) is 1. The lowest BCUT2D eigenvalue weighted by Crippen LogP contribution is -2.06. The first-order valence-corrected chi connectivity index (χ1v) is 6.16. The van der Waals surface area contributed by atoms with Gasteiger partial charge in [-0.05, 0) is 36.7 Å². The van der Waals surface area contributed by atoms with Crippen LogP contribution in [0.5, 0.6) is 5.75 Å². The average molecular weight is 335 g/mol. The summed E-state index contributed by atoms with van der Waals surface area (Å²) in [6.45, 7) is 4.81. The van der Waals surface area contributed by atoms with E-state index in [-0.39, 0.29) is 0 Å². The van der Waals surface area contributed by atoms with E-state index in [0.717, 1.165) is 26.7 Å². The second-order valence-electron chi connectivity index (χ2n) is 3.10. The summed E-state index contributed by atoms with van der Waals surface area (Å²) in [5.41, 5.74) is 6.65. The van der Waals surface area contributed by atoms with E-state index >= 15 is 0 Å². The molecule has 0 unspecified atom stereocenters. The van der Waals surface area contributed by atoms with Gasteiger partial charge >= 0.3 is 0 Å². The van der Waals surface area contributed by atoms with Crippen LogP contribution in [0.15, 0.2) is 33.7 Å². The SMILES string of the molecule is C=C(Br)COc1ccc(Br)cc1CCN. The van der Waals surface area contributed by atoms with Crippen molar-refractivity contribution in [3.05, 3.63) is 39.3 Å². The van der Waals surface area contributed by atoms with Crippen molar-refractivity contribution in [2.75, 3.05) is 13.2 Å². The molecule has 0 heterocycles. The van der Waals surface area contributed by atoms with Crippen LogP contribution in [0.2, 0.25) is 0 Å². The third-order valence-electron chi connectivity index (χ3n) is 1.82. The minimum absolute atomic E-state index is 0.471. The molecule has 2 nitrogen and oxygen atoms in total. The van der Waals surface area contributed by atoms with Gasteiger partial charge in [0.2, 0.25) is 0 Å². The maximum Gasteiger partial charge on any atom is 0.123 e. The summed E-state index contributed by atoms with van der Waals surface area (Å²) < 4.78 is 7.44.